The number of allylic oxidation sites excluding steroid dienone is 1. The number of hydrogen-bond donors (Lipinski definition) is 0. The summed E-state index contributed by atoms with van der Waals surface area (Å²) < 4.78 is 23.3. The molecule has 0 amide bonds. The fourth-order valence-corrected chi connectivity index (χ4v) is 1.88. The maximum Gasteiger partial charge on any atom is 0.266 e. The van der Waals surface area contributed by atoms with Gasteiger partial charge in [-0.25, -0.2) is 4.98 Å². The molecule has 0 aliphatic heterocycles. The lowest BCUT2D eigenvalue weighted by Crippen LogP contribution is -1.79. The molecule has 0 spiro atoms. The third-order valence-electron chi connectivity index (χ3n) is 1.38. The average Bonchev–Trinajstić information content (AvgIpc) is 2.12. The molecular formula is C9H8ClF2NS. The zero-order valence-corrected chi connectivity index (χ0v) is 8.79. The molecule has 0 aliphatic rings. The van der Waals surface area contributed by atoms with Gasteiger partial charge in [0.25, 0.3) is 6.08 Å². The van der Waals surface area contributed by atoms with Crippen LogP contribution in [0, 0.1) is 0 Å². The van der Waals surface area contributed by atoms with Crippen LogP contribution < -0.4 is 0 Å². The second-order valence-corrected chi connectivity index (χ2v) is 4.00. The number of pyridine rings is 1. The van der Waals surface area contributed by atoms with Gasteiger partial charge in [0.2, 0.25) is 0 Å². The first-order valence-electron chi connectivity index (χ1n) is 3.94. The Morgan fingerprint density at radius 3 is 3.00 bits per heavy atom. The van der Waals surface area contributed by atoms with Crippen LogP contribution in [0.25, 0.3) is 0 Å². The summed E-state index contributed by atoms with van der Waals surface area (Å²) >= 11 is 7.13. The normalized spacial score (nSPS) is 9.93. The summed E-state index contributed by atoms with van der Waals surface area (Å²) in [6.45, 7) is 0. The molecule has 76 valence electrons. The molecule has 1 rings (SSSR count). The summed E-state index contributed by atoms with van der Waals surface area (Å²) in [5.41, 5.74) is 0. The molecule has 0 saturated carbocycles. The van der Waals surface area contributed by atoms with E-state index in [9.17, 15) is 8.78 Å². The predicted molar refractivity (Wildman–Crippen MR) is 54.9 cm³/mol. The number of thioether (sulfide) groups is 1. The molecule has 0 aliphatic carbocycles. The van der Waals surface area contributed by atoms with E-state index in [1.54, 1.807) is 18.3 Å². The summed E-state index contributed by atoms with van der Waals surface area (Å²) in [6.07, 6.45) is 1.23. The summed E-state index contributed by atoms with van der Waals surface area (Å²) in [4.78, 5) is 4.76. The van der Waals surface area contributed by atoms with Gasteiger partial charge in [0.05, 0.1) is 0 Å². The van der Waals surface area contributed by atoms with Gasteiger partial charge in [-0.15, -0.1) is 11.8 Å². The molecule has 1 aromatic rings. The van der Waals surface area contributed by atoms with Crippen molar-refractivity contribution in [2.45, 2.75) is 11.3 Å². The van der Waals surface area contributed by atoms with Gasteiger partial charge in [0.1, 0.15) is 5.15 Å². The largest absolute Gasteiger partial charge is 0.266 e. The Kier molecular flexibility index (Phi) is 4.90. The van der Waals surface area contributed by atoms with Crippen LogP contribution in [0.15, 0.2) is 35.4 Å². The summed E-state index contributed by atoms with van der Waals surface area (Å²) in [6, 6.07) is 3.51. The summed E-state index contributed by atoms with van der Waals surface area (Å²) in [5, 5.41) is 0.419. The minimum atomic E-state index is -1.63. The molecule has 1 heterocycles. The van der Waals surface area contributed by atoms with Crippen LogP contribution in [-0.4, -0.2) is 10.7 Å². The van der Waals surface area contributed by atoms with Crippen molar-refractivity contribution in [1.29, 1.82) is 0 Å². The third kappa shape index (κ3) is 4.58. The van der Waals surface area contributed by atoms with Crippen molar-refractivity contribution in [1.82, 2.24) is 4.98 Å². The molecule has 5 heteroatoms. The standard InChI is InChI=1S/C9H8ClF2NS/c10-8-6-7(3-4-13-8)14-5-1-2-9(11)12/h2-4,6H,1,5H2. The second-order valence-electron chi connectivity index (χ2n) is 2.45. The van der Waals surface area contributed by atoms with Gasteiger partial charge in [-0.1, -0.05) is 11.6 Å². The van der Waals surface area contributed by atoms with E-state index in [1.165, 1.54) is 11.8 Å². The van der Waals surface area contributed by atoms with Gasteiger partial charge in [0, 0.05) is 16.8 Å². The Morgan fingerprint density at radius 2 is 2.36 bits per heavy atom. The van der Waals surface area contributed by atoms with E-state index in [4.69, 9.17) is 11.6 Å². The molecule has 0 fully saturated rings. The van der Waals surface area contributed by atoms with Crippen molar-refractivity contribution >= 4 is 23.4 Å². The number of aromatic nitrogens is 1. The quantitative estimate of drug-likeness (QED) is 0.445. The Morgan fingerprint density at radius 1 is 1.57 bits per heavy atom. The van der Waals surface area contributed by atoms with E-state index >= 15 is 0 Å². The van der Waals surface area contributed by atoms with Gasteiger partial charge in [-0.05, 0) is 24.6 Å². The van der Waals surface area contributed by atoms with Crippen molar-refractivity contribution in [2.75, 3.05) is 5.75 Å². The van der Waals surface area contributed by atoms with Crippen LogP contribution in [-0.2, 0) is 0 Å². The number of hydrogen-bond acceptors (Lipinski definition) is 2. The molecule has 0 saturated heterocycles. The molecule has 0 bridgehead atoms. The molecule has 0 radical (unpaired) electrons. The lowest BCUT2D eigenvalue weighted by molar-refractivity contribution is 0.418. The van der Waals surface area contributed by atoms with Crippen molar-refractivity contribution in [3.63, 3.8) is 0 Å². The number of halogens is 3. The van der Waals surface area contributed by atoms with Crippen LogP contribution in [0.2, 0.25) is 5.15 Å². The van der Waals surface area contributed by atoms with Gasteiger partial charge in [-0.2, -0.15) is 8.78 Å². The highest BCUT2D eigenvalue weighted by atomic mass is 35.5. The Bertz CT molecular complexity index is 326. The summed E-state index contributed by atoms with van der Waals surface area (Å²) in [7, 11) is 0. The molecule has 0 unspecified atom stereocenters. The van der Waals surface area contributed by atoms with Crippen LogP contribution in [0.1, 0.15) is 6.42 Å². The van der Waals surface area contributed by atoms with Gasteiger partial charge in [-0.3, -0.25) is 0 Å². The highest BCUT2D eigenvalue weighted by molar-refractivity contribution is 7.99. The zero-order chi connectivity index (χ0) is 10.4. The van der Waals surface area contributed by atoms with E-state index in [2.05, 4.69) is 4.98 Å². The lowest BCUT2D eigenvalue weighted by atomic mass is 10.5. The van der Waals surface area contributed by atoms with Crippen LogP contribution >= 0.6 is 23.4 Å². The smallest absolute Gasteiger partial charge is 0.244 e. The highest BCUT2D eigenvalue weighted by Gasteiger charge is 1.95. The van der Waals surface area contributed by atoms with Crippen molar-refractivity contribution in [3.8, 4) is 0 Å². The Hall–Kier alpha value is -0.610. The average molecular weight is 236 g/mol. The molecule has 1 nitrogen and oxygen atoms in total. The van der Waals surface area contributed by atoms with Crippen LogP contribution in [0.3, 0.4) is 0 Å². The minimum Gasteiger partial charge on any atom is -0.244 e. The van der Waals surface area contributed by atoms with Crippen molar-refractivity contribution in [2.24, 2.45) is 0 Å². The van der Waals surface area contributed by atoms with Gasteiger partial charge >= 0.3 is 0 Å². The maximum atomic E-state index is 11.6. The first-order chi connectivity index (χ1) is 6.68. The second kappa shape index (κ2) is 5.98. The fourth-order valence-electron chi connectivity index (χ4n) is 0.819. The van der Waals surface area contributed by atoms with Gasteiger partial charge in [0.15, 0.2) is 0 Å². The van der Waals surface area contributed by atoms with E-state index in [0.717, 1.165) is 11.0 Å². The van der Waals surface area contributed by atoms with Crippen molar-refractivity contribution < 1.29 is 8.78 Å². The highest BCUT2D eigenvalue weighted by Crippen LogP contribution is 2.20. The number of nitrogens with zero attached hydrogens (tertiary/aromatic N) is 1. The topological polar surface area (TPSA) is 12.9 Å². The van der Waals surface area contributed by atoms with Crippen molar-refractivity contribution in [3.05, 3.63) is 35.6 Å². The Labute approximate surface area is 90.2 Å². The minimum absolute atomic E-state index is 0.354. The fraction of sp³-hybridized carbons (Fsp3) is 0.222. The molecule has 14 heavy (non-hydrogen) atoms. The first kappa shape index (κ1) is 11.5. The summed E-state index contributed by atoms with van der Waals surface area (Å²) in [5.74, 6) is 0.609. The molecule has 0 aromatic carbocycles. The Balaban J connectivity index is 2.35. The van der Waals surface area contributed by atoms with Gasteiger partial charge < -0.3 is 0 Å². The predicted octanol–water partition coefficient (Wildman–Crippen LogP) is 4.00. The van der Waals surface area contributed by atoms with Crippen LogP contribution in [0.5, 0.6) is 0 Å². The van der Waals surface area contributed by atoms with Crippen LogP contribution in [0.4, 0.5) is 8.78 Å². The first-order valence-corrected chi connectivity index (χ1v) is 5.30. The molecule has 0 N–H and O–H groups in total. The number of rotatable bonds is 4. The van der Waals surface area contributed by atoms with E-state index in [0.29, 0.717) is 17.3 Å². The zero-order valence-electron chi connectivity index (χ0n) is 7.21. The third-order valence-corrected chi connectivity index (χ3v) is 2.62. The molecule has 1 aromatic heterocycles. The molecular weight excluding hydrogens is 228 g/mol. The van der Waals surface area contributed by atoms with E-state index < -0.39 is 6.08 Å². The SMILES string of the molecule is FC(F)=CCCSc1ccnc(Cl)c1. The molecule has 0 atom stereocenters. The van der Waals surface area contributed by atoms with E-state index in [1.807, 2.05) is 0 Å². The lowest BCUT2D eigenvalue weighted by Gasteiger charge is -1.98. The maximum absolute atomic E-state index is 11.6. The monoisotopic (exact) mass is 235 g/mol. The van der Waals surface area contributed by atoms with E-state index in [-0.39, 0.29) is 0 Å².